The highest BCUT2D eigenvalue weighted by atomic mass is 35.5. The van der Waals surface area contributed by atoms with Crippen molar-refractivity contribution in [2.45, 2.75) is 19.8 Å². The molecule has 0 fully saturated rings. The van der Waals surface area contributed by atoms with Gasteiger partial charge in [-0.1, -0.05) is 30.7 Å². The number of hydrazone groups is 1. The van der Waals surface area contributed by atoms with Gasteiger partial charge in [0.05, 0.1) is 31.3 Å². The molecule has 0 bridgehead atoms. The molecular weight excluding hydrogens is 386 g/mol. The first-order valence-electron chi connectivity index (χ1n) is 8.50. The normalized spacial score (nSPS) is 10.7. The quantitative estimate of drug-likeness (QED) is 0.389. The van der Waals surface area contributed by atoms with Crippen LogP contribution in [0.3, 0.4) is 0 Å². The van der Waals surface area contributed by atoms with Gasteiger partial charge in [0, 0.05) is 16.7 Å². The smallest absolute Gasteiger partial charge is 0.315 e. The van der Waals surface area contributed by atoms with Crippen molar-refractivity contribution in [1.29, 1.82) is 0 Å². The van der Waals surface area contributed by atoms with Gasteiger partial charge < -0.3 is 9.47 Å². The highest BCUT2D eigenvalue weighted by Gasteiger charge is 2.21. The Morgan fingerprint density at radius 3 is 2.64 bits per heavy atom. The van der Waals surface area contributed by atoms with Gasteiger partial charge >= 0.3 is 5.69 Å². The van der Waals surface area contributed by atoms with Crippen molar-refractivity contribution in [2.24, 2.45) is 5.10 Å². The molecule has 0 aliphatic rings. The molecule has 0 aromatic heterocycles. The van der Waals surface area contributed by atoms with E-state index in [0.29, 0.717) is 23.6 Å². The molecule has 2 aromatic rings. The number of amides is 1. The van der Waals surface area contributed by atoms with Crippen LogP contribution in [0.2, 0.25) is 5.02 Å². The third kappa shape index (κ3) is 5.95. The average molecular weight is 406 g/mol. The number of rotatable bonds is 9. The van der Waals surface area contributed by atoms with Crippen LogP contribution in [-0.2, 0) is 11.2 Å². The van der Waals surface area contributed by atoms with E-state index in [-0.39, 0.29) is 29.5 Å². The van der Waals surface area contributed by atoms with Crippen LogP contribution in [0.5, 0.6) is 11.5 Å². The summed E-state index contributed by atoms with van der Waals surface area (Å²) in [6.07, 6.45) is 2.13. The number of carbonyl (C=O) groups excluding carboxylic acids is 1. The van der Waals surface area contributed by atoms with Gasteiger partial charge in [0.1, 0.15) is 0 Å². The maximum atomic E-state index is 11.9. The number of carbonyl (C=O) groups is 1. The fraction of sp³-hybridized carbons (Fsp3) is 0.263. The summed E-state index contributed by atoms with van der Waals surface area (Å²) in [5.41, 5.74) is 3.32. The molecule has 2 aromatic carbocycles. The molecule has 0 saturated heterocycles. The number of methoxy groups -OCH3 is 1. The summed E-state index contributed by atoms with van der Waals surface area (Å²) in [5.74, 6) is -0.0437. The van der Waals surface area contributed by atoms with Crippen LogP contribution in [0.25, 0.3) is 0 Å². The Morgan fingerprint density at radius 1 is 1.32 bits per heavy atom. The predicted molar refractivity (Wildman–Crippen MR) is 106 cm³/mol. The molecule has 0 unspecified atom stereocenters. The molecule has 0 aliphatic carbocycles. The van der Waals surface area contributed by atoms with Gasteiger partial charge in [0.2, 0.25) is 11.7 Å². The van der Waals surface area contributed by atoms with E-state index < -0.39 is 4.92 Å². The van der Waals surface area contributed by atoms with Crippen LogP contribution < -0.4 is 14.9 Å². The lowest BCUT2D eigenvalue weighted by Crippen LogP contribution is -2.19. The van der Waals surface area contributed by atoms with E-state index in [9.17, 15) is 14.9 Å². The van der Waals surface area contributed by atoms with Crippen LogP contribution in [0.1, 0.15) is 24.5 Å². The molecule has 0 radical (unpaired) electrons. The number of ether oxygens (including phenoxy) is 2. The Bertz CT molecular complexity index is 869. The van der Waals surface area contributed by atoms with Gasteiger partial charge in [0.15, 0.2) is 5.75 Å². The molecule has 8 nitrogen and oxygen atoms in total. The van der Waals surface area contributed by atoms with Crippen molar-refractivity contribution in [2.75, 3.05) is 13.7 Å². The number of nitro benzene ring substituents is 1. The van der Waals surface area contributed by atoms with Crippen molar-refractivity contribution >= 4 is 29.4 Å². The van der Waals surface area contributed by atoms with E-state index in [1.54, 1.807) is 30.3 Å². The average Bonchev–Trinajstić information content (AvgIpc) is 2.67. The first-order valence-corrected chi connectivity index (χ1v) is 8.88. The zero-order valence-electron chi connectivity index (χ0n) is 15.5. The van der Waals surface area contributed by atoms with Gasteiger partial charge in [-0.3, -0.25) is 14.9 Å². The highest BCUT2D eigenvalue weighted by Crippen LogP contribution is 2.38. The van der Waals surface area contributed by atoms with Crippen LogP contribution in [-0.4, -0.2) is 30.8 Å². The van der Waals surface area contributed by atoms with Gasteiger partial charge in [0.25, 0.3) is 0 Å². The molecule has 0 atom stereocenters. The Hall–Kier alpha value is -3.13. The maximum absolute atomic E-state index is 11.9. The minimum atomic E-state index is -0.552. The number of halogens is 1. The Morgan fingerprint density at radius 2 is 2.04 bits per heavy atom. The van der Waals surface area contributed by atoms with Gasteiger partial charge in [-0.25, -0.2) is 5.43 Å². The SMILES string of the molecule is CCCOc1c(OC)cc(/C=N\NC(=O)Cc2ccc(Cl)cc2)cc1[N+](=O)[O-]. The molecule has 0 heterocycles. The summed E-state index contributed by atoms with van der Waals surface area (Å²) in [5, 5.41) is 15.8. The number of nitro groups is 1. The Kier molecular flexibility index (Phi) is 7.76. The monoisotopic (exact) mass is 405 g/mol. The van der Waals surface area contributed by atoms with Crippen LogP contribution in [0.4, 0.5) is 5.69 Å². The first kappa shape index (κ1) is 21.2. The molecule has 0 saturated carbocycles. The van der Waals surface area contributed by atoms with E-state index in [1.165, 1.54) is 19.4 Å². The van der Waals surface area contributed by atoms with E-state index in [4.69, 9.17) is 21.1 Å². The fourth-order valence-corrected chi connectivity index (χ4v) is 2.45. The molecule has 2 rings (SSSR count). The minimum Gasteiger partial charge on any atom is -0.493 e. The second-order valence-corrected chi connectivity index (χ2v) is 6.21. The van der Waals surface area contributed by atoms with Crippen molar-refractivity contribution in [3.05, 3.63) is 62.7 Å². The summed E-state index contributed by atoms with van der Waals surface area (Å²) in [6, 6.07) is 9.74. The van der Waals surface area contributed by atoms with Crippen molar-refractivity contribution in [3.63, 3.8) is 0 Å². The van der Waals surface area contributed by atoms with Crippen LogP contribution in [0, 0.1) is 10.1 Å². The number of nitrogens with zero attached hydrogens (tertiary/aromatic N) is 2. The summed E-state index contributed by atoms with van der Waals surface area (Å²) in [6.45, 7) is 2.22. The molecule has 28 heavy (non-hydrogen) atoms. The van der Waals surface area contributed by atoms with Crippen LogP contribution >= 0.6 is 11.6 Å². The lowest BCUT2D eigenvalue weighted by molar-refractivity contribution is -0.386. The topological polar surface area (TPSA) is 103 Å². The maximum Gasteiger partial charge on any atom is 0.315 e. The zero-order chi connectivity index (χ0) is 20.5. The van der Waals surface area contributed by atoms with Crippen LogP contribution in [0.15, 0.2) is 41.5 Å². The second kappa shape index (κ2) is 10.3. The molecule has 0 aliphatic heterocycles. The number of benzene rings is 2. The molecule has 148 valence electrons. The van der Waals surface area contributed by atoms with Crippen molar-refractivity contribution < 1.29 is 19.2 Å². The predicted octanol–water partition coefficient (Wildman–Crippen LogP) is 3.74. The summed E-state index contributed by atoms with van der Waals surface area (Å²) < 4.78 is 10.7. The van der Waals surface area contributed by atoms with Crippen molar-refractivity contribution in [1.82, 2.24) is 5.43 Å². The summed E-state index contributed by atoms with van der Waals surface area (Å²) in [7, 11) is 1.40. The Labute approximate surface area is 167 Å². The lowest BCUT2D eigenvalue weighted by atomic mass is 10.1. The molecular formula is C19H20ClN3O5. The number of nitrogens with one attached hydrogen (secondary N) is 1. The van der Waals surface area contributed by atoms with E-state index >= 15 is 0 Å². The molecule has 9 heteroatoms. The zero-order valence-corrected chi connectivity index (χ0v) is 16.2. The molecule has 1 N–H and O–H groups in total. The number of hydrogen-bond donors (Lipinski definition) is 1. The highest BCUT2D eigenvalue weighted by molar-refractivity contribution is 6.30. The lowest BCUT2D eigenvalue weighted by Gasteiger charge is -2.11. The first-order chi connectivity index (χ1) is 13.4. The standard InChI is InChI=1S/C19H20ClN3O5/c1-3-8-28-19-16(23(25)26)9-14(10-17(19)27-2)12-21-22-18(24)11-13-4-6-15(20)7-5-13/h4-7,9-10,12H,3,8,11H2,1-2H3,(H,22,24)/b21-12-. The van der Waals surface area contributed by atoms with Gasteiger partial charge in [-0.15, -0.1) is 0 Å². The molecule has 0 spiro atoms. The third-order valence-corrected chi connectivity index (χ3v) is 3.86. The van der Waals surface area contributed by atoms with Crippen molar-refractivity contribution in [3.8, 4) is 11.5 Å². The number of hydrogen-bond acceptors (Lipinski definition) is 6. The van der Waals surface area contributed by atoms with E-state index in [2.05, 4.69) is 10.5 Å². The summed E-state index contributed by atoms with van der Waals surface area (Å²) >= 11 is 5.81. The fourth-order valence-electron chi connectivity index (χ4n) is 2.33. The summed E-state index contributed by atoms with van der Waals surface area (Å²) in [4.78, 5) is 22.8. The van der Waals surface area contributed by atoms with Gasteiger partial charge in [-0.05, 0) is 30.2 Å². The molecule has 1 amide bonds. The second-order valence-electron chi connectivity index (χ2n) is 5.77. The third-order valence-electron chi connectivity index (χ3n) is 3.61. The van der Waals surface area contributed by atoms with E-state index in [1.807, 2.05) is 6.92 Å². The van der Waals surface area contributed by atoms with Gasteiger partial charge in [-0.2, -0.15) is 5.10 Å². The van der Waals surface area contributed by atoms with E-state index in [0.717, 1.165) is 5.56 Å². The minimum absolute atomic E-state index is 0.0678. The Balaban J connectivity index is 2.11. The largest absolute Gasteiger partial charge is 0.493 e.